The van der Waals surface area contributed by atoms with Crippen molar-refractivity contribution < 1.29 is 4.42 Å². The molecule has 78 valence electrons. The second-order valence-electron chi connectivity index (χ2n) is 3.73. The van der Waals surface area contributed by atoms with E-state index >= 15 is 0 Å². The van der Waals surface area contributed by atoms with Crippen molar-refractivity contribution in [2.45, 2.75) is 32.4 Å². The van der Waals surface area contributed by atoms with Gasteiger partial charge in [-0.25, -0.2) is 0 Å². The average Bonchev–Trinajstić information content (AvgIpc) is 2.76. The van der Waals surface area contributed by atoms with Gasteiger partial charge in [-0.1, -0.05) is 6.92 Å². The second-order valence-corrected chi connectivity index (χ2v) is 3.73. The summed E-state index contributed by atoms with van der Waals surface area (Å²) in [4.78, 5) is 2.25. The SMILES string of the molecule is CCc1nnc(CN2CC[C@H](N)C2)o1. The largest absolute Gasteiger partial charge is 0.424 e. The highest BCUT2D eigenvalue weighted by Gasteiger charge is 2.20. The van der Waals surface area contributed by atoms with Gasteiger partial charge in [0.1, 0.15) is 0 Å². The summed E-state index contributed by atoms with van der Waals surface area (Å²) in [6, 6.07) is 0.309. The molecule has 0 bridgehead atoms. The van der Waals surface area contributed by atoms with Gasteiger partial charge in [-0.2, -0.15) is 0 Å². The van der Waals surface area contributed by atoms with Gasteiger partial charge in [0.15, 0.2) is 0 Å². The van der Waals surface area contributed by atoms with E-state index < -0.39 is 0 Å². The van der Waals surface area contributed by atoms with Crippen LogP contribution >= 0.6 is 0 Å². The summed E-state index contributed by atoms with van der Waals surface area (Å²) in [6.07, 6.45) is 1.86. The summed E-state index contributed by atoms with van der Waals surface area (Å²) >= 11 is 0. The van der Waals surface area contributed by atoms with Crippen LogP contribution in [0, 0.1) is 0 Å². The highest BCUT2D eigenvalue weighted by atomic mass is 16.4. The van der Waals surface area contributed by atoms with E-state index in [2.05, 4.69) is 15.1 Å². The molecule has 14 heavy (non-hydrogen) atoms. The average molecular weight is 196 g/mol. The van der Waals surface area contributed by atoms with E-state index in [1.54, 1.807) is 0 Å². The molecule has 2 N–H and O–H groups in total. The van der Waals surface area contributed by atoms with E-state index in [-0.39, 0.29) is 0 Å². The molecule has 2 rings (SSSR count). The number of aromatic nitrogens is 2. The van der Waals surface area contributed by atoms with Crippen LogP contribution in [0.4, 0.5) is 0 Å². The van der Waals surface area contributed by atoms with Crippen LogP contribution < -0.4 is 5.73 Å². The molecule has 5 nitrogen and oxygen atoms in total. The van der Waals surface area contributed by atoms with Crippen LogP contribution in [0.2, 0.25) is 0 Å². The zero-order chi connectivity index (χ0) is 9.97. The summed E-state index contributed by atoms with van der Waals surface area (Å²) in [6.45, 7) is 4.71. The lowest BCUT2D eigenvalue weighted by atomic mass is 10.3. The summed E-state index contributed by atoms with van der Waals surface area (Å²) in [7, 11) is 0. The molecule has 1 fully saturated rings. The Morgan fingerprint density at radius 3 is 2.86 bits per heavy atom. The van der Waals surface area contributed by atoms with Crippen molar-refractivity contribution in [2.24, 2.45) is 5.73 Å². The highest BCUT2D eigenvalue weighted by Crippen LogP contribution is 2.11. The van der Waals surface area contributed by atoms with E-state index in [0.717, 1.165) is 32.5 Å². The van der Waals surface area contributed by atoms with E-state index in [9.17, 15) is 0 Å². The maximum Gasteiger partial charge on any atom is 0.230 e. The van der Waals surface area contributed by atoms with Crippen LogP contribution in [0.25, 0.3) is 0 Å². The normalized spacial score (nSPS) is 23.1. The van der Waals surface area contributed by atoms with Crippen molar-refractivity contribution in [2.75, 3.05) is 13.1 Å². The van der Waals surface area contributed by atoms with Crippen molar-refractivity contribution in [3.63, 3.8) is 0 Å². The first-order valence-corrected chi connectivity index (χ1v) is 5.07. The number of nitrogens with zero attached hydrogens (tertiary/aromatic N) is 3. The molecule has 1 saturated heterocycles. The van der Waals surface area contributed by atoms with Gasteiger partial charge in [0, 0.05) is 25.6 Å². The summed E-state index contributed by atoms with van der Waals surface area (Å²) < 4.78 is 5.43. The topological polar surface area (TPSA) is 68.2 Å². The predicted molar refractivity (Wildman–Crippen MR) is 51.5 cm³/mol. The van der Waals surface area contributed by atoms with Gasteiger partial charge >= 0.3 is 0 Å². The van der Waals surface area contributed by atoms with Crippen molar-refractivity contribution >= 4 is 0 Å². The molecule has 0 spiro atoms. The standard InChI is InChI=1S/C9H16N4O/c1-2-8-11-12-9(14-8)6-13-4-3-7(10)5-13/h7H,2-6,10H2,1H3/t7-/m0/s1. The molecular weight excluding hydrogens is 180 g/mol. The van der Waals surface area contributed by atoms with E-state index in [1.807, 2.05) is 6.92 Å². The molecule has 0 aromatic carbocycles. The Labute approximate surface area is 83.3 Å². The molecule has 2 heterocycles. The molecule has 1 aromatic heterocycles. The molecule has 1 atom stereocenters. The van der Waals surface area contributed by atoms with Gasteiger partial charge in [0.2, 0.25) is 11.8 Å². The first kappa shape index (κ1) is 9.61. The van der Waals surface area contributed by atoms with Gasteiger partial charge in [0.05, 0.1) is 6.54 Å². The third kappa shape index (κ3) is 2.10. The van der Waals surface area contributed by atoms with E-state index in [0.29, 0.717) is 17.8 Å². The Kier molecular flexibility index (Phi) is 2.79. The molecule has 0 aliphatic carbocycles. The molecule has 1 aromatic rings. The van der Waals surface area contributed by atoms with Crippen LogP contribution in [-0.2, 0) is 13.0 Å². The zero-order valence-electron chi connectivity index (χ0n) is 8.44. The molecule has 1 aliphatic heterocycles. The summed E-state index contributed by atoms with van der Waals surface area (Å²) in [5, 5.41) is 7.90. The minimum absolute atomic E-state index is 0.309. The van der Waals surface area contributed by atoms with Gasteiger partial charge in [0.25, 0.3) is 0 Å². The number of aryl methyl sites for hydroxylation is 1. The molecule has 0 saturated carbocycles. The maximum atomic E-state index is 5.80. The van der Waals surface area contributed by atoms with E-state index in [1.165, 1.54) is 0 Å². The fraction of sp³-hybridized carbons (Fsp3) is 0.778. The van der Waals surface area contributed by atoms with Gasteiger partial charge in [-0.3, -0.25) is 4.90 Å². The fourth-order valence-electron chi connectivity index (χ4n) is 1.69. The maximum absolute atomic E-state index is 5.80. The molecule has 0 radical (unpaired) electrons. The van der Waals surface area contributed by atoms with Gasteiger partial charge in [-0.15, -0.1) is 10.2 Å². The molecule has 5 heteroatoms. The fourth-order valence-corrected chi connectivity index (χ4v) is 1.69. The number of nitrogens with two attached hydrogens (primary N) is 1. The minimum atomic E-state index is 0.309. The number of rotatable bonds is 3. The van der Waals surface area contributed by atoms with Crippen LogP contribution in [0.15, 0.2) is 4.42 Å². The molecule has 0 amide bonds. The predicted octanol–water partition coefficient (Wildman–Crippen LogP) is 0.165. The number of hydrogen-bond donors (Lipinski definition) is 1. The zero-order valence-corrected chi connectivity index (χ0v) is 8.44. The quantitative estimate of drug-likeness (QED) is 0.746. The van der Waals surface area contributed by atoms with Gasteiger partial charge in [-0.05, 0) is 6.42 Å². The number of likely N-dealkylation sites (tertiary alicyclic amines) is 1. The first-order chi connectivity index (χ1) is 6.78. The Hall–Kier alpha value is -0.940. The van der Waals surface area contributed by atoms with Crippen molar-refractivity contribution in [3.8, 4) is 0 Å². The van der Waals surface area contributed by atoms with Crippen molar-refractivity contribution in [1.29, 1.82) is 0 Å². The third-order valence-electron chi connectivity index (χ3n) is 2.48. The summed E-state index contributed by atoms with van der Waals surface area (Å²) in [5.41, 5.74) is 5.80. The smallest absolute Gasteiger partial charge is 0.230 e. The minimum Gasteiger partial charge on any atom is -0.424 e. The lowest BCUT2D eigenvalue weighted by Crippen LogP contribution is -2.26. The van der Waals surface area contributed by atoms with Gasteiger partial charge < -0.3 is 10.2 Å². The molecule has 1 aliphatic rings. The Balaban J connectivity index is 1.90. The number of hydrogen-bond acceptors (Lipinski definition) is 5. The van der Waals surface area contributed by atoms with Crippen LogP contribution in [-0.4, -0.2) is 34.2 Å². The summed E-state index contributed by atoms with van der Waals surface area (Å²) in [5.74, 6) is 1.42. The third-order valence-corrected chi connectivity index (χ3v) is 2.48. The van der Waals surface area contributed by atoms with Crippen LogP contribution in [0.1, 0.15) is 25.1 Å². The van der Waals surface area contributed by atoms with Crippen LogP contribution in [0.5, 0.6) is 0 Å². The molecular formula is C9H16N4O. The molecule has 0 unspecified atom stereocenters. The Bertz CT molecular complexity index is 299. The lowest BCUT2D eigenvalue weighted by Gasteiger charge is -2.11. The van der Waals surface area contributed by atoms with E-state index in [4.69, 9.17) is 10.2 Å². The second kappa shape index (κ2) is 4.06. The lowest BCUT2D eigenvalue weighted by molar-refractivity contribution is 0.283. The monoisotopic (exact) mass is 196 g/mol. The Morgan fingerprint density at radius 2 is 2.29 bits per heavy atom. The van der Waals surface area contributed by atoms with Crippen molar-refractivity contribution in [3.05, 3.63) is 11.8 Å². The Morgan fingerprint density at radius 1 is 1.50 bits per heavy atom. The highest BCUT2D eigenvalue weighted by molar-refractivity contribution is 4.85. The van der Waals surface area contributed by atoms with Crippen molar-refractivity contribution in [1.82, 2.24) is 15.1 Å². The van der Waals surface area contributed by atoms with Crippen LogP contribution in [0.3, 0.4) is 0 Å². The first-order valence-electron chi connectivity index (χ1n) is 5.07.